The van der Waals surface area contributed by atoms with Crippen molar-refractivity contribution >= 4 is 11.6 Å². The van der Waals surface area contributed by atoms with Crippen LogP contribution in [0.1, 0.15) is 24.0 Å². The molecule has 1 aliphatic heterocycles. The van der Waals surface area contributed by atoms with Crippen LogP contribution in [0.25, 0.3) is 0 Å². The maximum absolute atomic E-state index is 6.36. The van der Waals surface area contributed by atoms with Crippen LogP contribution in [0.2, 0.25) is 5.02 Å². The number of nitrogens with one attached hydrogen (secondary N) is 1. The lowest BCUT2D eigenvalue weighted by molar-refractivity contribution is -0.109. The highest BCUT2D eigenvalue weighted by atomic mass is 35.5. The normalized spacial score (nSPS) is 19.8. The van der Waals surface area contributed by atoms with Crippen LogP contribution in [0.3, 0.4) is 0 Å². The third-order valence-corrected chi connectivity index (χ3v) is 4.71. The highest BCUT2D eigenvalue weighted by Crippen LogP contribution is 2.31. The summed E-state index contributed by atoms with van der Waals surface area (Å²) in [6, 6.07) is 6.48. The zero-order chi connectivity index (χ0) is 14.6. The number of ether oxygens (including phenoxy) is 2. The first-order chi connectivity index (χ1) is 9.61. The van der Waals surface area contributed by atoms with E-state index in [1.165, 1.54) is 11.1 Å². The second-order valence-electron chi connectivity index (χ2n) is 5.52. The van der Waals surface area contributed by atoms with Crippen molar-refractivity contribution in [2.75, 3.05) is 27.4 Å². The molecule has 0 aromatic heterocycles. The number of hydrogen-bond acceptors (Lipinski definition) is 3. The lowest BCUT2D eigenvalue weighted by Crippen LogP contribution is -2.55. The molecule has 0 bridgehead atoms. The number of aryl methyl sites for hydroxylation is 1. The van der Waals surface area contributed by atoms with Crippen molar-refractivity contribution < 1.29 is 9.47 Å². The largest absolute Gasteiger partial charge is 0.381 e. The van der Waals surface area contributed by atoms with Crippen molar-refractivity contribution in [1.82, 2.24) is 5.32 Å². The predicted octanol–water partition coefficient (Wildman–Crippen LogP) is 2.97. The molecular formula is C16H24ClNO2. The number of hydrogen-bond donors (Lipinski definition) is 1. The molecule has 112 valence electrons. The van der Waals surface area contributed by atoms with Gasteiger partial charge in [-0.15, -0.1) is 0 Å². The lowest BCUT2D eigenvalue weighted by atomic mass is 9.82. The van der Waals surface area contributed by atoms with Gasteiger partial charge in [0.25, 0.3) is 0 Å². The Bertz CT molecular complexity index is 444. The molecule has 0 saturated carbocycles. The Balaban J connectivity index is 2.18. The average molecular weight is 298 g/mol. The van der Waals surface area contributed by atoms with Crippen molar-refractivity contribution in [1.29, 1.82) is 0 Å². The maximum atomic E-state index is 6.36. The molecule has 1 heterocycles. The van der Waals surface area contributed by atoms with Crippen LogP contribution >= 0.6 is 11.6 Å². The summed E-state index contributed by atoms with van der Waals surface area (Å²) >= 11 is 6.36. The van der Waals surface area contributed by atoms with Crippen LogP contribution in [0.5, 0.6) is 0 Å². The van der Waals surface area contributed by atoms with Gasteiger partial charge in [-0.1, -0.05) is 23.7 Å². The van der Waals surface area contributed by atoms with Gasteiger partial charge in [-0.25, -0.2) is 0 Å². The van der Waals surface area contributed by atoms with Gasteiger partial charge < -0.3 is 14.8 Å². The van der Waals surface area contributed by atoms with E-state index in [0.29, 0.717) is 0 Å². The summed E-state index contributed by atoms with van der Waals surface area (Å²) in [5.74, 6) is 0. The van der Waals surface area contributed by atoms with Gasteiger partial charge in [0.05, 0.1) is 5.60 Å². The summed E-state index contributed by atoms with van der Waals surface area (Å²) in [5.41, 5.74) is 2.19. The molecule has 3 nitrogen and oxygen atoms in total. The Kier molecular flexibility index (Phi) is 5.44. The van der Waals surface area contributed by atoms with Crippen molar-refractivity contribution in [3.63, 3.8) is 0 Å². The molecule has 1 aliphatic rings. The standard InChI is InChI=1S/C16H24ClNO2/c1-12-4-5-13(14(17)10-12)11-15(18-2)16(19-3)6-8-20-9-7-16/h4-5,10,15,18H,6-9,11H2,1-3H3. The second kappa shape index (κ2) is 6.90. The zero-order valence-electron chi connectivity index (χ0n) is 12.5. The molecule has 0 amide bonds. The fourth-order valence-electron chi connectivity index (χ4n) is 3.00. The van der Waals surface area contributed by atoms with Gasteiger partial charge in [0.2, 0.25) is 0 Å². The summed E-state index contributed by atoms with van der Waals surface area (Å²) in [5, 5.41) is 4.25. The van der Waals surface area contributed by atoms with Gasteiger partial charge in [0, 0.05) is 44.2 Å². The topological polar surface area (TPSA) is 30.5 Å². The first-order valence-electron chi connectivity index (χ1n) is 7.16. The Labute approximate surface area is 126 Å². The lowest BCUT2D eigenvalue weighted by Gasteiger charge is -2.42. The molecule has 1 atom stereocenters. The Morgan fingerprint density at radius 2 is 2.10 bits per heavy atom. The molecule has 1 saturated heterocycles. The van der Waals surface area contributed by atoms with Crippen molar-refractivity contribution in [3.8, 4) is 0 Å². The number of likely N-dealkylation sites (N-methyl/N-ethyl adjacent to an activating group) is 1. The van der Waals surface area contributed by atoms with Crippen LogP contribution in [0, 0.1) is 6.92 Å². The minimum Gasteiger partial charge on any atom is -0.381 e. The quantitative estimate of drug-likeness (QED) is 0.906. The molecular weight excluding hydrogens is 274 g/mol. The van der Waals surface area contributed by atoms with E-state index < -0.39 is 0 Å². The minimum absolute atomic E-state index is 0.165. The van der Waals surface area contributed by atoms with Crippen LogP contribution in [-0.4, -0.2) is 39.0 Å². The monoisotopic (exact) mass is 297 g/mol. The van der Waals surface area contributed by atoms with Gasteiger partial charge >= 0.3 is 0 Å². The molecule has 1 aromatic rings. The summed E-state index contributed by atoms with van der Waals surface area (Å²) in [6.07, 6.45) is 2.69. The smallest absolute Gasteiger partial charge is 0.0877 e. The number of rotatable bonds is 5. The molecule has 20 heavy (non-hydrogen) atoms. The van der Waals surface area contributed by atoms with Crippen LogP contribution in [0.15, 0.2) is 18.2 Å². The van der Waals surface area contributed by atoms with E-state index in [2.05, 4.69) is 24.4 Å². The second-order valence-corrected chi connectivity index (χ2v) is 5.93. The van der Waals surface area contributed by atoms with E-state index in [9.17, 15) is 0 Å². The summed E-state index contributed by atoms with van der Waals surface area (Å²) in [7, 11) is 3.79. The van der Waals surface area contributed by atoms with Gasteiger partial charge in [-0.2, -0.15) is 0 Å². The predicted molar refractivity (Wildman–Crippen MR) is 82.5 cm³/mol. The first kappa shape index (κ1) is 15.8. The number of methoxy groups -OCH3 is 1. The SMILES string of the molecule is CNC(Cc1ccc(C)cc1Cl)C1(OC)CCOCC1. The third-order valence-electron chi connectivity index (χ3n) is 4.36. The molecule has 1 N–H and O–H groups in total. The fourth-order valence-corrected chi connectivity index (χ4v) is 3.31. The average Bonchev–Trinajstić information content (AvgIpc) is 2.47. The van der Waals surface area contributed by atoms with Crippen LogP contribution in [0.4, 0.5) is 0 Å². The maximum Gasteiger partial charge on any atom is 0.0877 e. The van der Waals surface area contributed by atoms with E-state index in [1.807, 2.05) is 13.1 Å². The van der Waals surface area contributed by atoms with Crippen molar-refractivity contribution in [2.24, 2.45) is 0 Å². The van der Waals surface area contributed by atoms with E-state index >= 15 is 0 Å². The Hall–Kier alpha value is -0.610. The summed E-state index contributed by atoms with van der Waals surface area (Å²) in [6.45, 7) is 3.57. The Morgan fingerprint density at radius 3 is 2.65 bits per heavy atom. The van der Waals surface area contributed by atoms with E-state index in [1.54, 1.807) is 7.11 Å². The van der Waals surface area contributed by atoms with Gasteiger partial charge in [0.15, 0.2) is 0 Å². The fraction of sp³-hybridized carbons (Fsp3) is 0.625. The number of halogens is 1. The van der Waals surface area contributed by atoms with Crippen molar-refractivity contribution in [3.05, 3.63) is 34.3 Å². The van der Waals surface area contributed by atoms with Gasteiger partial charge in [0.1, 0.15) is 0 Å². The highest BCUT2D eigenvalue weighted by molar-refractivity contribution is 6.31. The molecule has 2 rings (SSSR count). The van der Waals surface area contributed by atoms with E-state index in [4.69, 9.17) is 21.1 Å². The number of benzene rings is 1. The zero-order valence-corrected chi connectivity index (χ0v) is 13.3. The molecule has 0 radical (unpaired) electrons. The molecule has 1 fully saturated rings. The van der Waals surface area contributed by atoms with Crippen LogP contribution < -0.4 is 5.32 Å². The summed E-state index contributed by atoms with van der Waals surface area (Å²) in [4.78, 5) is 0. The van der Waals surface area contributed by atoms with Gasteiger partial charge in [-0.05, 0) is 37.6 Å². The molecule has 0 aliphatic carbocycles. The molecule has 1 unspecified atom stereocenters. The minimum atomic E-state index is -0.165. The third kappa shape index (κ3) is 3.34. The molecule has 1 aromatic carbocycles. The highest BCUT2D eigenvalue weighted by Gasteiger charge is 2.40. The van der Waals surface area contributed by atoms with E-state index in [0.717, 1.165) is 37.5 Å². The Morgan fingerprint density at radius 1 is 1.40 bits per heavy atom. The van der Waals surface area contributed by atoms with Crippen molar-refractivity contribution in [2.45, 2.75) is 37.8 Å². The first-order valence-corrected chi connectivity index (χ1v) is 7.54. The van der Waals surface area contributed by atoms with E-state index in [-0.39, 0.29) is 11.6 Å². The molecule has 4 heteroatoms. The van der Waals surface area contributed by atoms with Crippen LogP contribution in [-0.2, 0) is 15.9 Å². The van der Waals surface area contributed by atoms with Gasteiger partial charge in [-0.3, -0.25) is 0 Å². The summed E-state index contributed by atoms with van der Waals surface area (Å²) < 4.78 is 11.4. The molecule has 0 spiro atoms.